The van der Waals surface area contributed by atoms with E-state index >= 15 is 0 Å². The van der Waals surface area contributed by atoms with Crippen LogP contribution >= 0.6 is 11.3 Å². The molecule has 1 saturated heterocycles. The van der Waals surface area contributed by atoms with Crippen LogP contribution in [-0.4, -0.2) is 41.8 Å². The number of likely N-dealkylation sites (tertiary alicyclic amines) is 1. The van der Waals surface area contributed by atoms with Crippen molar-refractivity contribution < 1.29 is 9.90 Å². The SMILES string of the molecule is CC(CNC(=O)N1CCCC(C(C)O)C1)c1ccsc1. The molecule has 1 aliphatic rings. The summed E-state index contributed by atoms with van der Waals surface area (Å²) < 4.78 is 0. The summed E-state index contributed by atoms with van der Waals surface area (Å²) in [4.78, 5) is 14.0. The zero-order valence-corrected chi connectivity index (χ0v) is 13.0. The first-order chi connectivity index (χ1) is 9.58. The third kappa shape index (κ3) is 3.96. The third-order valence-corrected chi connectivity index (χ3v) is 4.80. The number of hydrogen-bond acceptors (Lipinski definition) is 3. The van der Waals surface area contributed by atoms with Crippen molar-refractivity contribution in [3.8, 4) is 0 Å². The molecule has 0 radical (unpaired) electrons. The standard InChI is InChI=1S/C15H24N2O2S/c1-11(14-5-7-20-10-14)8-16-15(19)17-6-3-4-13(9-17)12(2)18/h5,7,10-13,18H,3-4,6,8-9H2,1-2H3,(H,16,19). The van der Waals surface area contributed by atoms with Crippen molar-refractivity contribution in [1.82, 2.24) is 10.2 Å². The second-order valence-electron chi connectivity index (χ2n) is 5.73. The molecule has 0 aromatic carbocycles. The molecule has 0 spiro atoms. The lowest BCUT2D eigenvalue weighted by Gasteiger charge is -2.34. The molecule has 3 atom stereocenters. The number of carbonyl (C=O) groups excluding carboxylic acids is 1. The van der Waals surface area contributed by atoms with Crippen molar-refractivity contribution in [1.29, 1.82) is 0 Å². The van der Waals surface area contributed by atoms with Crippen LogP contribution in [0.4, 0.5) is 4.79 Å². The van der Waals surface area contributed by atoms with Gasteiger partial charge in [0.1, 0.15) is 0 Å². The Morgan fingerprint density at radius 3 is 3.05 bits per heavy atom. The van der Waals surface area contributed by atoms with Crippen molar-refractivity contribution in [2.24, 2.45) is 5.92 Å². The summed E-state index contributed by atoms with van der Waals surface area (Å²) in [5, 5.41) is 16.9. The van der Waals surface area contributed by atoms with Crippen LogP contribution in [0.2, 0.25) is 0 Å². The van der Waals surface area contributed by atoms with Crippen molar-refractivity contribution >= 4 is 17.4 Å². The molecule has 1 aromatic rings. The smallest absolute Gasteiger partial charge is 0.317 e. The molecule has 2 N–H and O–H groups in total. The highest BCUT2D eigenvalue weighted by Gasteiger charge is 2.26. The third-order valence-electron chi connectivity index (χ3n) is 4.10. The van der Waals surface area contributed by atoms with Gasteiger partial charge in [-0.2, -0.15) is 11.3 Å². The monoisotopic (exact) mass is 296 g/mol. The van der Waals surface area contributed by atoms with E-state index in [9.17, 15) is 9.90 Å². The van der Waals surface area contributed by atoms with E-state index in [0.717, 1.165) is 19.4 Å². The highest BCUT2D eigenvalue weighted by atomic mass is 32.1. The zero-order chi connectivity index (χ0) is 14.5. The van der Waals surface area contributed by atoms with E-state index < -0.39 is 0 Å². The molecule has 1 aliphatic heterocycles. The lowest BCUT2D eigenvalue weighted by atomic mass is 9.94. The fourth-order valence-electron chi connectivity index (χ4n) is 2.61. The predicted molar refractivity (Wildman–Crippen MR) is 82.1 cm³/mol. The Morgan fingerprint density at radius 2 is 2.40 bits per heavy atom. The Kier molecular flexibility index (Phi) is 5.43. The predicted octanol–water partition coefficient (Wildman–Crippen LogP) is 2.65. The molecule has 2 rings (SSSR count). The van der Waals surface area contributed by atoms with Crippen LogP contribution in [0.1, 0.15) is 38.2 Å². The number of thiophene rings is 1. The number of carbonyl (C=O) groups is 1. The largest absolute Gasteiger partial charge is 0.393 e. The van der Waals surface area contributed by atoms with Gasteiger partial charge in [-0.3, -0.25) is 0 Å². The maximum absolute atomic E-state index is 12.2. The zero-order valence-electron chi connectivity index (χ0n) is 12.2. The molecule has 20 heavy (non-hydrogen) atoms. The topological polar surface area (TPSA) is 52.6 Å². The number of urea groups is 1. The maximum Gasteiger partial charge on any atom is 0.317 e. The maximum atomic E-state index is 12.2. The lowest BCUT2D eigenvalue weighted by Crippen LogP contribution is -2.48. The molecule has 1 fully saturated rings. The minimum atomic E-state index is -0.338. The van der Waals surface area contributed by atoms with Crippen molar-refractivity contribution in [3.63, 3.8) is 0 Å². The van der Waals surface area contributed by atoms with Gasteiger partial charge in [0.05, 0.1) is 6.10 Å². The van der Waals surface area contributed by atoms with Crippen LogP contribution in [0.3, 0.4) is 0 Å². The van der Waals surface area contributed by atoms with Gasteiger partial charge in [-0.25, -0.2) is 4.79 Å². The molecule has 112 valence electrons. The molecule has 2 heterocycles. The average Bonchev–Trinajstić information content (AvgIpc) is 2.98. The van der Waals surface area contributed by atoms with E-state index in [-0.39, 0.29) is 18.1 Å². The molecular weight excluding hydrogens is 272 g/mol. The van der Waals surface area contributed by atoms with Gasteiger partial charge in [0.2, 0.25) is 0 Å². The second kappa shape index (κ2) is 7.09. The van der Waals surface area contributed by atoms with Crippen molar-refractivity contribution in [3.05, 3.63) is 22.4 Å². The van der Waals surface area contributed by atoms with Crippen LogP contribution in [-0.2, 0) is 0 Å². The molecular formula is C15H24N2O2S. The Hall–Kier alpha value is -1.07. The number of hydrogen-bond donors (Lipinski definition) is 2. The molecule has 3 unspecified atom stereocenters. The van der Waals surface area contributed by atoms with Crippen LogP contribution < -0.4 is 5.32 Å². The first-order valence-electron chi connectivity index (χ1n) is 7.31. The average molecular weight is 296 g/mol. The summed E-state index contributed by atoms with van der Waals surface area (Å²) in [5.41, 5.74) is 1.27. The number of nitrogens with zero attached hydrogens (tertiary/aromatic N) is 1. The normalized spacial score (nSPS) is 22.4. The second-order valence-corrected chi connectivity index (χ2v) is 6.51. The number of rotatable bonds is 4. The molecule has 2 amide bonds. The number of nitrogens with one attached hydrogen (secondary N) is 1. The fourth-order valence-corrected chi connectivity index (χ4v) is 3.40. The Balaban J connectivity index is 1.79. The van der Waals surface area contributed by atoms with Crippen LogP contribution in [0, 0.1) is 5.92 Å². The summed E-state index contributed by atoms with van der Waals surface area (Å²) in [6.45, 7) is 6.05. The summed E-state index contributed by atoms with van der Waals surface area (Å²) in [6, 6.07) is 2.10. The van der Waals surface area contributed by atoms with Gasteiger partial charge in [0.25, 0.3) is 0 Å². The van der Waals surface area contributed by atoms with E-state index in [2.05, 4.69) is 29.1 Å². The fraction of sp³-hybridized carbons (Fsp3) is 0.667. The first-order valence-corrected chi connectivity index (χ1v) is 8.25. The van der Waals surface area contributed by atoms with Gasteiger partial charge >= 0.3 is 6.03 Å². The Labute approximate surface area is 124 Å². The van der Waals surface area contributed by atoms with Crippen LogP contribution in [0.25, 0.3) is 0 Å². The summed E-state index contributed by atoms with van der Waals surface area (Å²) in [5.74, 6) is 0.548. The highest BCUT2D eigenvalue weighted by Crippen LogP contribution is 2.20. The molecule has 5 heteroatoms. The van der Waals surface area contributed by atoms with E-state index in [0.29, 0.717) is 19.0 Å². The van der Waals surface area contributed by atoms with Gasteiger partial charge < -0.3 is 15.3 Å². The number of aliphatic hydroxyl groups is 1. The van der Waals surface area contributed by atoms with Gasteiger partial charge in [0.15, 0.2) is 0 Å². The minimum absolute atomic E-state index is 0.00238. The van der Waals surface area contributed by atoms with Gasteiger partial charge in [-0.05, 0) is 48.1 Å². The van der Waals surface area contributed by atoms with E-state index in [1.807, 2.05) is 11.8 Å². The van der Waals surface area contributed by atoms with E-state index in [4.69, 9.17) is 0 Å². The lowest BCUT2D eigenvalue weighted by molar-refractivity contribution is 0.0739. The molecule has 0 bridgehead atoms. The molecule has 0 saturated carbocycles. The van der Waals surface area contributed by atoms with Crippen LogP contribution in [0.5, 0.6) is 0 Å². The van der Waals surface area contributed by atoms with E-state index in [1.165, 1.54) is 5.56 Å². The van der Waals surface area contributed by atoms with Gasteiger partial charge in [0, 0.05) is 25.6 Å². The van der Waals surface area contributed by atoms with Gasteiger partial charge in [-0.1, -0.05) is 6.92 Å². The summed E-state index contributed by atoms with van der Waals surface area (Å²) >= 11 is 1.68. The van der Waals surface area contributed by atoms with Crippen molar-refractivity contribution in [2.45, 2.75) is 38.7 Å². The minimum Gasteiger partial charge on any atom is -0.393 e. The Morgan fingerprint density at radius 1 is 1.60 bits per heavy atom. The molecule has 1 aromatic heterocycles. The quantitative estimate of drug-likeness (QED) is 0.897. The summed E-state index contributed by atoms with van der Waals surface area (Å²) in [6.07, 6.45) is 1.64. The molecule has 0 aliphatic carbocycles. The van der Waals surface area contributed by atoms with E-state index in [1.54, 1.807) is 11.3 Å². The number of aliphatic hydroxyl groups excluding tert-OH is 1. The number of amides is 2. The van der Waals surface area contributed by atoms with Gasteiger partial charge in [-0.15, -0.1) is 0 Å². The molecule has 4 nitrogen and oxygen atoms in total. The summed E-state index contributed by atoms with van der Waals surface area (Å²) in [7, 11) is 0. The first kappa shape index (κ1) is 15.3. The highest BCUT2D eigenvalue weighted by molar-refractivity contribution is 7.07. The Bertz CT molecular complexity index is 420. The van der Waals surface area contributed by atoms with Crippen LogP contribution in [0.15, 0.2) is 16.8 Å². The van der Waals surface area contributed by atoms with Crippen molar-refractivity contribution in [2.75, 3.05) is 19.6 Å². The number of piperidine rings is 1.